The van der Waals surface area contributed by atoms with E-state index in [1.165, 1.54) is 212 Å². The standard InChI is InChI=1S/C68H125NO10/c1-3-5-7-9-11-13-14-15-16-17-27-30-33-36-40-44-48-52-56-64(73)77-57-53-49-45-41-37-34-31-28-25-23-21-19-18-20-22-24-26-29-32-35-39-43-47-51-55-63(72)69-60(61(71)54-50-46-42-38-12-10-8-6-4-2)59-78-68-67(76)66(75)65(74)62(58-70)79-68/h13-14,16-17,20,22,50,54,60-62,65-68,70-71,74-76H,3-12,15,18-19,21,23-49,51-53,55-59H2,1-2H3,(H,69,72)/b14-13-,17-16-,22-20-,54-50+. The van der Waals surface area contributed by atoms with E-state index in [0.717, 1.165) is 70.6 Å². The first kappa shape index (κ1) is 74.6. The third kappa shape index (κ3) is 46.8. The lowest BCUT2D eigenvalue weighted by Gasteiger charge is -2.40. The Labute approximate surface area is 485 Å². The fourth-order valence-corrected chi connectivity index (χ4v) is 10.3. The van der Waals surface area contributed by atoms with Crippen LogP contribution in [0.15, 0.2) is 48.6 Å². The molecular weight excluding hydrogens is 991 g/mol. The molecule has 7 atom stereocenters. The summed E-state index contributed by atoms with van der Waals surface area (Å²) in [6.07, 6.45) is 63.8. The smallest absolute Gasteiger partial charge is 0.305 e. The zero-order valence-corrected chi connectivity index (χ0v) is 51.1. The second-order valence-corrected chi connectivity index (χ2v) is 23.2. The fourth-order valence-electron chi connectivity index (χ4n) is 10.3. The number of ether oxygens (including phenoxy) is 3. The van der Waals surface area contributed by atoms with Crippen molar-refractivity contribution in [1.82, 2.24) is 5.32 Å². The van der Waals surface area contributed by atoms with Gasteiger partial charge in [0.05, 0.1) is 32.0 Å². The van der Waals surface area contributed by atoms with Crippen LogP contribution in [-0.4, -0.2) is 100 Å². The van der Waals surface area contributed by atoms with Crippen molar-refractivity contribution in [2.24, 2.45) is 0 Å². The van der Waals surface area contributed by atoms with E-state index in [1.54, 1.807) is 6.08 Å². The average Bonchev–Trinajstić information content (AvgIpc) is 3.47. The van der Waals surface area contributed by atoms with Gasteiger partial charge in [-0.3, -0.25) is 9.59 Å². The molecule has 0 saturated carbocycles. The molecule has 1 amide bonds. The van der Waals surface area contributed by atoms with Gasteiger partial charge >= 0.3 is 5.97 Å². The second-order valence-electron chi connectivity index (χ2n) is 23.2. The summed E-state index contributed by atoms with van der Waals surface area (Å²) in [5, 5.41) is 54.2. The van der Waals surface area contributed by atoms with Gasteiger partial charge in [-0.15, -0.1) is 0 Å². The Kier molecular flexibility index (Phi) is 54.3. The van der Waals surface area contributed by atoms with Gasteiger partial charge in [-0.1, -0.05) is 255 Å². The van der Waals surface area contributed by atoms with E-state index >= 15 is 0 Å². The van der Waals surface area contributed by atoms with Crippen molar-refractivity contribution in [1.29, 1.82) is 0 Å². The van der Waals surface area contributed by atoms with Crippen LogP contribution in [0.1, 0.15) is 309 Å². The molecule has 79 heavy (non-hydrogen) atoms. The number of allylic oxidation sites excluding steroid dienone is 7. The Morgan fingerprint density at radius 1 is 0.468 bits per heavy atom. The van der Waals surface area contributed by atoms with E-state index < -0.39 is 49.5 Å². The third-order valence-electron chi connectivity index (χ3n) is 15.7. The highest BCUT2D eigenvalue weighted by Gasteiger charge is 2.44. The quantitative estimate of drug-likeness (QED) is 0.0195. The van der Waals surface area contributed by atoms with Crippen molar-refractivity contribution in [3.05, 3.63) is 48.6 Å². The number of carbonyl (C=O) groups excluding carboxylic acids is 2. The molecule has 0 radical (unpaired) electrons. The monoisotopic (exact) mass is 1120 g/mol. The first-order valence-corrected chi connectivity index (χ1v) is 33.4. The maximum atomic E-state index is 13.0. The van der Waals surface area contributed by atoms with Crippen LogP contribution in [0.25, 0.3) is 0 Å². The lowest BCUT2D eigenvalue weighted by Crippen LogP contribution is -2.60. The van der Waals surface area contributed by atoms with Gasteiger partial charge in [0.2, 0.25) is 5.91 Å². The maximum Gasteiger partial charge on any atom is 0.305 e. The van der Waals surface area contributed by atoms with E-state index in [2.05, 4.69) is 55.6 Å². The largest absolute Gasteiger partial charge is 0.466 e. The minimum atomic E-state index is -1.57. The van der Waals surface area contributed by atoms with Gasteiger partial charge < -0.3 is 45.1 Å². The summed E-state index contributed by atoms with van der Waals surface area (Å²) in [5.74, 6) is -0.195. The van der Waals surface area contributed by atoms with Crippen LogP contribution < -0.4 is 5.32 Å². The average molecular weight is 1120 g/mol. The number of hydrogen-bond donors (Lipinski definition) is 6. The number of aliphatic hydroxyl groups is 5. The lowest BCUT2D eigenvalue weighted by atomic mass is 9.99. The highest BCUT2D eigenvalue weighted by Crippen LogP contribution is 2.23. The zero-order valence-electron chi connectivity index (χ0n) is 51.1. The number of amides is 1. The highest BCUT2D eigenvalue weighted by molar-refractivity contribution is 5.76. The molecule has 1 saturated heterocycles. The normalized spacial score (nSPS) is 18.7. The number of aliphatic hydroxyl groups excluding tert-OH is 5. The predicted molar refractivity (Wildman–Crippen MR) is 329 cm³/mol. The Morgan fingerprint density at radius 3 is 1.30 bits per heavy atom. The van der Waals surface area contributed by atoms with Gasteiger partial charge in [0.25, 0.3) is 0 Å². The zero-order chi connectivity index (χ0) is 57.3. The number of carbonyl (C=O) groups is 2. The molecule has 11 nitrogen and oxygen atoms in total. The summed E-state index contributed by atoms with van der Waals surface area (Å²) in [6, 6.07) is -0.813. The number of unbranched alkanes of at least 4 members (excludes halogenated alkanes) is 38. The Hall–Kier alpha value is -2.38. The second kappa shape index (κ2) is 57.4. The molecule has 0 bridgehead atoms. The van der Waals surface area contributed by atoms with E-state index in [0.29, 0.717) is 19.4 Å². The first-order chi connectivity index (χ1) is 38.7. The van der Waals surface area contributed by atoms with E-state index in [4.69, 9.17) is 14.2 Å². The Morgan fingerprint density at radius 2 is 0.848 bits per heavy atom. The maximum absolute atomic E-state index is 13.0. The Balaban J connectivity index is 1.95. The molecule has 1 aliphatic rings. The SMILES string of the molecule is CCCCCC/C=C\C/C=C\CCCCCCCCCC(=O)OCCCCCCCCCCCCCC/C=C\CCCCCCCCCCC(=O)NC(COC1OC(CO)C(O)C(O)C1O)C(O)/C=C/CCCCCCCCC. The number of hydrogen-bond acceptors (Lipinski definition) is 10. The Bertz CT molecular complexity index is 1450. The summed E-state index contributed by atoms with van der Waals surface area (Å²) in [6.45, 7) is 4.30. The third-order valence-corrected chi connectivity index (χ3v) is 15.7. The summed E-state index contributed by atoms with van der Waals surface area (Å²) >= 11 is 0. The van der Waals surface area contributed by atoms with Crippen LogP contribution in [0.5, 0.6) is 0 Å². The minimum absolute atomic E-state index is 0.00618. The summed E-state index contributed by atoms with van der Waals surface area (Å²) < 4.78 is 16.7. The number of nitrogens with one attached hydrogen (secondary N) is 1. The number of esters is 1. The van der Waals surface area contributed by atoms with Gasteiger partial charge in [0.1, 0.15) is 24.4 Å². The van der Waals surface area contributed by atoms with Crippen molar-refractivity contribution in [3.63, 3.8) is 0 Å². The van der Waals surface area contributed by atoms with Gasteiger partial charge in [-0.2, -0.15) is 0 Å². The van der Waals surface area contributed by atoms with Gasteiger partial charge in [-0.25, -0.2) is 0 Å². The molecule has 1 rings (SSSR count). The molecule has 11 heteroatoms. The summed E-state index contributed by atoms with van der Waals surface area (Å²) in [4.78, 5) is 25.1. The van der Waals surface area contributed by atoms with Crippen LogP contribution in [0, 0.1) is 0 Å². The molecule has 1 aliphatic heterocycles. The molecule has 0 aromatic heterocycles. The van der Waals surface area contributed by atoms with Crippen LogP contribution in [-0.2, 0) is 23.8 Å². The van der Waals surface area contributed by atoms with Crippen LogP contribution in [0.3, 0.4) is 0 Å². The van der Waals surface area contributed by atoms with Gasteiger partial charge in [-0.05, 0) is 89.9 Å². The molecule has 1 fully saturated rings. The molecule has 0 spiro atoms. The highest BCUT2D eigenvalue weighted by atomic mass is 16.7. The molecule has 462 valence electrons. The lowest BCUT2D eigenvalue weighted by molar-refractivity contribution is -0.302. The topological polar surface area (TPSA) is 175 Å². The van der Waals surface area contributed by atoms with E-state index in [1.807, 2.05) is 6.08 Å². The van der Waals surface area contributed by atoms with Crippen molar-refractivity contribution >= 4 is 11.9 Å². The summed E-state index contributed by atoms with van der Waals surface area (Å²) in [7, 11) is 0. The van der Waals surface area contributed by atoms with Crippen molar-refractivity contribution in [2.75, 3.05) is 19.8 Å². The van der Waals surface area contributed by atoms with Crippen LogP contribution >= 0.6 is 0 Å². The molecule has 0 aliphatic carbocycles. The van der Waals surface area contributed by atoms with Crippen LogP contribution in [0.2, 0.25) is 0 Å². The molecule has 1 heterocycles. The molecule has 7 unspecified atom stereocenters. The van der Waals surface area contributed by atoms with E-state index in [-0.39, 0.29) is 18.5 Å². The first-order valence-electron chi connectivity index (χ1n) is 33.4. The molecule has 6 N–H and O–H groups in total. The van der Waals surface area contributed by atoms with Crippen molar-refractivity contribution < 1.29 is 49.3 Å². The van der Waals surface area contributed by atoms with Gasteiger partial charge in [0, 0.05) is 12.8 Å². The molecular formula is C68H125NO10. The summed E-state index contributed by atoms with van der Waals surface area (Å²) in [5.41, 5.74) is 0. The fraction of sp³-hybridized carbons (Fsp3) is 0.853. The minimum Gasteiger partial charge on any atom is -0.466 e. The predicted octanol–water partition coefficient (Wildman–Crippen LogP) is 16.4. The van der Waals surface area contributed by atoms with Gasteiger partial charge in [0.15, 0.2) is 6.29 Å². The molecule has 0 aromatic rings. The van der Waals surface area contributed by atoms with Crippen LogP contribution in [0.4, 0.5) is 0 Å². The molecule has 0 aromatic carbocycles. The van der Waals surface area contributed by atoms with Crippen molar-refractivity contribution in [2.45, 2.75) is 352 Å². The van der Waals surface area contributed by atoms with E-state index in [9.17, 15) is 35.1 Å². The van der Waals surface area contributed by atoms with Crippen molar-refractivity contribution in [3.8, 4) is 0 Å². The number of rotatable bonds is 58.